The predicted octanol–water partition coefficient (Wildman–Crippen LogP) is 2.56. The average molecular weight is 267 g/mol. The molecule has 4 heteroatoms. The van der Waals surface area contributed by atoms with E-state index < -0.39 is 0 Å². The summed E-state index contributed by atoms with van der Waals surface area (Å²) in [6.07, 6.45) is 0.811. The summed E-state index contributed by atoms with van der Waals surface area (Å²) in [5.41, 5.74) is 2.15. The van der Waals surface area contributed by atoms with Crippen molar-refractivity contribution in [3.05, 3.63) is 38.3 Å². The van der Waals surface area contributed by atoms with Gasteiger partial charge in [-0.05, 0) is 25.5 Å². The highest BCUT2D eigenvalue weighted by Crippen LogP contribution is 2.21. The van der Waals surface area contributed by atoms with E-state index in [1.54, 1.807) is 0 Å². The molecule has 0 aromatic carbocycles. The second-order valence-corrected chi connectivity index (χ2v) is 4.34. The van der Waals surface area contributed by atoms with Crippen LogP contribution in [0.5, 0.6) is 0 Å². The molecule has 0 saturated heterocycles. The molecule has 0 atom stereocenters. The molecule has 1 N–H and O–H groups in total. The Morgan fingerprint density at radius 1 is 1.47 bits per heavy atom. The van der Waals surface area contributed by atoms with Crippen molar-refractivity contribution in [2.45, 2.75) is 20.3 Å². The van der Waals surface area contributed by atoms with Gasteiger partial charge in [-0.15, -0.1) is 0 Å². The molecule has 0 aliphatic carbocycles. The Morgan fingerprint density at radius 3 is 2.87 bits per heavy atom. The smallest absolute Gasteiger partial charge is 0.274 e. The molecule has 2 heterocycles. The fourth-order valence-electron chi connectivity index (χ4n) is 1.56. The second kappa shape index (κ2) is 3.77. The number of aryl methyl sites for hydroxylation is 2. The molecule has 0 saturated carbocycles. The maximum atomic E-state index is 11.7. The van der Waals surface area contributed by atoms with Crippen molar-refractivity contribution in [1.29, 1.82) is 0 Å². The number of aromatic nitrogens is 2. The highest BCUT2D eigenvalue weighted by atomic mass is 79.9. The van der Waals surface area contributed by atoms with Gasteiger partial charge in [0, 0.05) is 21.2 Å². The number of hydrogen-bond donors (Lipinski definition) is 1. The summed E-state index contributed by atoms with van der Waals surface area (Å²) in [4.78, 5) is 18.8. The molecule has 2 aromatic heterocycles. The summed E-state index contributed by atoms with van der Waals surface area (Å²) in [5.74, 6) is 0. The van der Waals surface area contributed by atoms with E-state index in [0.717, 1.165) is 27.7 Å². The number of nitrogens with one attached hydrogen (secondary N) is 1. The van der Waals surface area contributed by atoms with E-state index in [1.807, 2.05) is 26.0 Å². The number of nitrogens with zero attached hydrogens (tertiary/aromatic N) is 1. The Hall–Kier alpha value is -1.16. The van der Waals surface area contributed by atoms with Crippen LogP contribution in [0, 0.1) is 6.92 Å². The highest BCUT2D eigenvalue weighted by Gasteiger charge is 2.06. The van der Waals surface area contributed by atoms with Gasteiger partial charge in [0.25, 0.3) is 5.56 Å². The lowest BCUT2D eigenvalue weighted by Gasteiger charge is -2.03. The zero-order valence-electron chi connectivity index (χ0n) is 8.60. The van der Waals surface area contributed by atoms with Gasteiger partial charge >= 0.3 is 0 Å². The number of hydrogen-bond acceptors (Lipinski definition) is 2. The highest BCUT2D eigenvalue weighted by molar-refractivity contribution is 9.10. The normalized spacial score (nSPS) is 10.9. The number of aromatic amines is 1. The molecule has 15 heavy (non-hydrogen) atoms. The maximum absolute atomic E-state index is 11.7. The number of fused-ring (bicyclic) bond motifs is 1. The summed E-state index contributed by atoms with van der Waals surface area (Å²) in [6, 6.07) is 3.88. The topological polar surface area (TPSA) is 45.8 Å². The molecule has 2 aromatic rings. The van der Waals surface area contributed by atoms with Gasteiger partial charge < -0.3 is 4.98 Å². The van der Waals surface area contributed by atoms with Gasteiger partial charge in [-0.1, -0.05) is 22.9 Å². The summed E-state index contributed by atoms with van der Waals surface area (Å²) in [5, 5.41) is 0.876. The molecule has 0 aliphatic heterocycles. The van der Waals surface area contributed by atoms with Gasteiger partial charge in [-0.25, -0.2) is 4.98 Å². The zero-order chi connectivity index (χ0) is 11.0. The zero-order valence-corrected chi connectivity index (χ0v) is 10.2. The molecule has 0 amide bonds. The molecule has 0 unspecified atom stereocenters. The Kier molecular flexibility index (Phi) is 2.61. The van der Waals surface area contributed by atoms with E-state index in [9.17, 15) is 4.79 Å². The largest absolute Gasteiger partial charge is 0.324 e. The summed E-state index contributed by atoms with van der Waals surface area (Å²) >= 11 is 3.45. The molecule has 3 nitrogen and oxygen atoms in total. The number of H-pyrrole nitrogens is 1. The Labute approximate surface area is 95.7 Å². The molecule has 78 valence electrons. The van der Waals surface area contributed by atoms with Crippen LogP contribution in [0.3, 0.4) is 0 Å². The van der Waals surface area contributed by atoms with Crippen molar-refractivity contribution < 1.29 is 0 Å². The van der Waals surface area contributed by atoms with Gasteiger partial charge in [-0.2, -0.15) is 0 Å². The van der Waals surface area contributed by atoms with Crippen LogP contribution >= 0.6 is 15.9 Å². The fraction of sp³-hybridized carbons (Fsp3) is 0.273. The third-order valence-electron chi connectivity index (χ3n) is 2.32. The Bertz CT molecular complexity index is 575. The number of halogens is 1. The van der Waals surface area contributed by atoms with Crippen molar-refractivity contribution >= 4 is 26.8 Å². The van der Waals surface area contributed by atoms with E-state index in [4.69, 9.17) is 0 Å². The third kappa shape index (κ3) is 1.81. The van der Waals surface area contributed by atoms with Crippen LogP contribution in [0.25, 0.3) is 10.9 Å². The first-order valence-corrected chi connectivity index (χ1v) is 5.60. The van der Waals surface area contributed by atoms with Gasteiger partial charge in [-0.3, -0.25) is 4.79 Å². The molecular formula is C11H11BrN2O. The molecule has 0 fully saturated rings. The first-order chi connectivity index (χ1) is 7.11. The third-order valence-corrected chi connectivity index (χ3v) is 2.98. The van der Waals surface area contributed by atoms with Gasteiger partial charge in [0.15, 0.2) is 0 Å². The molecular weight excluding hydrogens is 256 g/mol. The van der Waals surface area contributed by atoms with Crippen LogP contribution in [0.1, 0.15) is 18.3 Å². The molecule has 0 aliphatic rings. The van der Waals surface area contributed by atoms with Crippen molar-refractivity contribution in [1.82, 2.24) is 9.97 Å². The van der Waals surface area contributed by atoms with Crippen molar-refractivity contribution in [3.8, 4) is 0 Å². The van der Waals surface area contributed by atoms with E-state index >= 15 is 0 Å². The minimum Gasteiger partial charge on any atom is -0.324 e. The lowest BCUT2D eigenvalue weighted by molar-refractivity contribution is 1.02. The molecule has 0 bridgehead atoms. The van der Waals surface area contributed by atoms with Crippen LogP contribution in [0.4, 0.5) is 0 Å². The molecule has 0 spiro atoms. The summed E-state index contributed by atoms with van der Waals surface area (Å²) < 4.78 is 0.922. The molecule has 0 radical (unpaired) electrons. The van der Waals surface area contributed by atoms with Crippen LogP contribution in [-0.2, 0) is 6.42 Å². The molecule has 2 rings (SSSR count). The van der Waals surface area contributed by atoms with Gasteiger partial charge in [0.1, 0.15) is 5.52 Å². The lowest BCUT2D eigenvalue weighted by atomic mass is 10.2. The maximum Gasteiger partial charge on any atom is 0.274 e. The number of pyridine rings is 2. The van der Waals surface area contributed by atoms with E-state index in [2.05, 4.69) is 25.9 Å². The summed E-state index contributed by atoms with van der Waals surface area (Å²) in [7, 11) is 0. The minimum absolute atomic E-state index is 0.117. The van der Waals surface area contributed by atoms with Gasteiger partial charge in [0.05, 0.1) is 0 Å². The van der Waals surface area contributed by atoms with Crippen LogP contribution < -0.4 is 5.56 Å². The predicted molar refractivity (Wildman–Crippen MR) is 64.2 cm³/mol. The first-order valence-electron chi connectivity index (χ1n) is 4.81. The van der Waals surface area contributed by atoms with Crippen molar-refractivity contribution in [2.24, 2.45) is 0 Å². The summed E-state index contributed by atoms with van der Waals surface area (Å²) in [6.45, 7) is 3.88. The van der Waals surface area contributed by atoms with E-state index in [-0.39, 0.29) is 5.56 Å². The number of rotatable bonds is 1. The quantitative estimate of drug-likeness (QED) is 0.863. The minimum atomic E-state index is -0.117. The first kappa shape index (κ1) is 10.4. The van der Waals surface area contributed by atoms with Crippen LogP contribution in [0.2, 0.25) is 0 Å². The van der Waals surface area contributed by atoms with E-state index in [1.165, 1.54) is 0 Å². The Balaban J connectivity index is 2.91. The van der Waals surface area contributed by atoms with Crippen molar-refractivity contribution in [3.63, 3.8) is 0 Å². The average Bonchev–Trinajstić information content (AvgIpc) is 2.19. The van der Waals surface area contributed by atoms with E-state index in [0.29, 0.717) is 5.52 Å². The Morgan fingerprint density at radius 2 is 2.20 bits per heavy atom. The van der Waals surface area contributed by atoms with Crippen LogP contribution in [0.15, 0.2) is 21.4 Å². The fourth-order valence-corrected chi connectivity index (χ4v) is 2.19. The van der Waals surface area contributed by atoms with Crippen LogP contribution in [-0.4, -0.2) is 9.97 Å². The SMILES string of the molecule is CCc1cc2c(Br)cc(C)nc2c(=O)[nH]1. The second-order valence-electron chi connectivity index (χ2n) is 3.48. The van der Waals surface area contributed by atoms with Gasteiger partial charge in [0.2, 0.25) is 0 Å². The monoisotopic (exact) mass is 266 g/mol. The lowest BCUT2D eigenvalue weighted by Crippen LogP contribution is -2.11. The van der Waals surface area contributed by atoms with Crippen molar-refractivity contribution in [2.75, 3.05) is 0 Å². The standard InChI is InChI=1S/C11H11BrN2O/c1-3-7-5-8-9(12)4-6(2)13-10(8)11(15)14-7/h4-5H,3H2,1-2H3,(H,14,15).